The molecule has 1 aliphatic heterocycles. The minimum Gasteiger partial charge on any atom is -0.491 e. The Morgan fingerprint density at radius 3 is 2.47 bits per heavy atom. The number of ether oxygens (including phenoxy) is 3. The van der Waals surface area contributed by atoms with Crippen LogP contribution in [0.25, 0.3) is 0 Å². The first-order valence-corrected chi connectivity index (χ1v) is 10.2. The monoisotopic (exact) mass is 405 g/mol. The number of hydrogen-bond donors (Lipinski definition) is 1. The smallest absolute Gasteiger partial charge is 0.231 e. The van der Waals surface area contributed by atoms with E-state index < -0.39 is 6.10 Å². The highest BCUT2D eigenvalue weighted by Crippen LogP contribution is 2.33. The number of benzene rings is 3. The molecule has 0 fully saturated rings. The van der Waals surface area contributed by atoms with Crippen LogP contribution in [0.3, 0.4) is 0 Å². The van der Waals surface area contributed by atoms with Crippen molar-refractivity contribution in [2.45, 2.75) is 26.1 Å². The molecule has 1 unspecified atom stereocenters. The lowest BCUT2D eigenvalue weighted by molar-refractivity contribution is 0.0626. The minimum atomic E-state index is -0.609. The number of aliphatic hydroxyl groups is 1. The molecule has 0 aliphatic carbocycles. The number of rotatable bonds is 9. The molecule has 30 heavy (non-hydrogen) atoms. The van der Waals surface area contributed by atoms with Gasteiger partial charge in [0.25, 0.3) is 0 Å². The Morgan fingerprint density at radius 2 is 1.63 bits per heavy atom. The predicted octanol–water partition coefficient (Wildman–Crippen LogP) is 4.17. The largest absolute Gasteiger partial charge is 0.491 e. The Balaban J connectivity index is 1.42. The summed E-state index contributed by atoms with van der Waals surface area (Å²) >= 11 is 0. The van der Waals surface area contributed by atoms with E-state index in [4.69, 9.17) is 14.2 Å². The molecule has 0 saturated carbocycles. The van der Waals surface area contributed by atoms with Gasteiger partial charge in [-0.25, -0.2) is 0 Å². The summed E-state index contributed by atoms with van der Waals surface area (Å²) in [6.07, 6.45) is -0.609. The highest BCUT2D eigenvalue weighted by atomic mass is 16.7. The second kappa shape index (κ2) is 9.65. The lowest BCUT2D eigenvalue weighted by Gasteiger charge is -2.25. The first-order chi connectivity index (χ1) is 14.7. The second-order valence-electron chi connectivity index (χ2n) is 7.57. The summed E-state index contributed by atoms with van der Waals surface area (Å²) in [5.41, 5.74) is 3.37. The third-order valence-electron chi connectivity index (χ3n) is 5.09. The Bertz CT molecular complexity index is 960. The van der Waals surface area contributed by atoms with E-state index in [9.17, 15) is 5.11 Å². The van der Waals surface area contributed by atoms with Crippen LogP contribution in [0.15, 0.2) is 72.8 Å². The minimum absolute atomic E-state index is 0.247. The first-order valence-electron chi connectivity index (χ1n) is 10.2. The fourth-order valence-corrected chi connectivity index (χ4v) is 3.58. The van der Waals surface area contributed by atoms with Gasteiger partial charge in [0, 0.05) is 19.6 Å². The molecule has 3 aromatic rings. The molecule has 5 nitrogen and oxygen atoms in total. The number of aryl methyl sites for hydroxylation is 1. The van der Waals surface area contributed by atoms with Gasteiger partial charge in [-0.15, -0.1) is 0 Å². The molecular formula is C25H27NO4. The van der Waals surface area contributed by atoms with Gasteiger partial charge in [0.2, 0.25) is 6.79 Å². The molecule has 0 aromatic heterocycles. The van der Waals surface area contributed by atoms with E-state index in [0.717, 1.165) is 34.9 Å². The van der Waals surface area contributed by atoms with Crippen LogP contribution in [0.5, 0.6) is 17.2 Å². The lowest BCUT2D eigenvalue weighted by atomic mass is 10.1. The van der Waals surface area contributed by atoms with Crippen molar-refractivity contribution < 1.29 is 19.3 Å². The van der Waals surface area contributed by atoms with E-state index in [0.29, 0.717) is 13.1 Å². The summed E-state index contributed by atoms with van der Waals surface area (Å²) < 4.78 is 16.8. The Hall–Kier alpha value is -3.02. The van der Waals surface area contributed by atoms with Gasteiger partial charge in [-0.05, 0) is 41.8 Å². The first kappa shape index (κ1) is 20.3. The van der Waals surface area contributed by atoms with E-state index in [1.807, 2.05) is 67.6 Å². The third kappa shape index (κ3) is 5.32. The van der Waals surface area contributed by atoms with Crippen molar-refractivity contribution in [3.8, 4) is 17.2 Å². The number of aliphatic hydroxyl groups excluding tert-OH is 1. The molecular weight excluding hydrogens is 378 g/mol. The molecule has 0 saturated heterocycles. The Kier molecular flexibility index (Phi) is 6.52. The number of fused-ring (bicyclic) bond motifs is 1. The summed E-state index contributed by atoms with van der Waals surface area (Å²) in [5, 5.41) is 10.7. The molecule has 1 N–H and O–H groups in total. The summed E-state index contributed by atoms with van der Waals surface area (Å²) in [6.45, 7) is 4.43. The van der Waals surface area contributed by atoms with Crippen LogP contribution in [0, 0.1) is 6.92 Å². The van der Waals surface area contributed by atoms with Gasteiger partial charge in [0.1, 0.15) is 18.5 Å². The zero-order valence-electron chi connectivity index (χ0n) is 17.2. The number of hydrogen-bond acceptors (Lipinski definition) is 5. The van der Waals surface area contributed by atoms with Gasteiger partial charge in [0.05, 0.1) is 0 Å². The standard InChI is InChI=1S/C25H27NO4/c1-19-7-5-6-10-23(19)28-17-22(27)16-26(14-20-8-3-2-4-9-20)15-21-11-12-24-25(13-21)30-18-29-24/h2-13,22,27H,14-18H2,1H3. The second-order valence-corrected chi connectivity index (χ2v) is 7.57. The van der Waals surface area contributed by atoms with Gasteiger partial charge < -0.3 is 19.3 Å². The molecule has 156 valence electrons. The average molecular weight is 405 g/mol. The van der Waals surface area contributed by atoms with Crippen LogP contribution in [-0.4, -0.2) is 36.1 Å². The topological polar surface area (TPSA) is 51.2 Å². The van der Waals surface area contributed by atoms with Gasteiger partial charge >= 0.3 is 0 Å². The Morgan fingerprint density at radius 1 is 0.900 bits per heavy atom. The van der Waals surface area contributed by atoms with Crippen molar-refractivity contribution in [3.05, 3.63) is 89.5 Å². The lowest BCUT2D eigenvalue weighted by Crippen LogP contribution is -2.35. The fraction of sp³-hybridized carbons (Fsp3) is 0.280. The summed E-state index contributed by atoms with van der Waals surface area (Å²) in [4.78, 5) is 2.22. The molecule has 1 atom stereocenters. The van der Waals surface area contributed by atoms with Crippen LogP contribution in [-0.2, 0) is 13.1 Å². The van der Waals surface area contributed by atoms with E-state index in [-0.39, 0.29) is 13.4 Å². The van der Waals surface area contributed by atoms with Crippen molar-refractivity contribution in [2.24, 2.45) is 0 Å². The van der Waals surface area contributed by atoms with Crippen LogP contribution in [0.2, 0.25) is 0 Å². The molecule has 5 heteroatoms. The number of para-hydroxylation sites is 1. The van der Waals surface area contributed by atoms with E-state index >= 15 is 0 Å². The van der Waals surface area contributed by atoms with E-state index in [1.165, 1.54) is 5.56 Å². The van der Waals surface area contributed by atoms with Crippen molar-refractivity contribution in [2.75, 3.05) is 19.9 Å². The quantitative estimate of drug-likeness (QED) is 0.579. The maximum absolute atomic E-state index is 10.7. The normalized spacial score (nSPS) is 13.4. The van der Waals surface area contributed by atoms with E-state index in [2.05, 4.69) is 17.0 Å². The highest BCUT2D eigenvalue weighted by molar-refractivity contribution is 5.44. The molecule has 0 spiro atoms. The average Bonchev–Trinajstić information content (AvgIpc) is 3.22. The highest BCUT2D eigenvalue weighted by Gasteiger charge is 2.17. The molecule has 0 bridgehead atoms. The van der Waals surface area contributed by atoms with Crippen molar-refractivity contribution >= 4 is 0 Å². The summed E-state index contributed by atoms with van der Waals surface area (Å²) in [6, 6.07) is 24.1. The molecule has 1 aliphatic rings. The van der Waals surface area contributed by atoms with E-state index in [1.54, 1.807) is 0 Å². The summed E-state index contributed by atoms with van der Waals surface area (Å²) in [7, 11) is 0. The molecule has 0 radical (unpaired) electrons. The Labute approximate surface area is 177 Å². The van der Waals surface area contributed by atoms with Crippen molar-refractivity contribution in [1.29, 1.82) is 0 Å². The maximum atomic E-state index is 10.7. The maximum Gasteiger partial charge on any atom is 0.231 e. The van der Waals surface area contributed by atoms with Crippen LogP contribution < -0.4 is 14.2 Å². The zero-order chi connectivity index (χ0) is 20.8. The SMILES string of the molecule is Cc1ccccc1OCC(O)CN(Cc1ccccc1)Cc1ccc2c(c1)OCO2. The molecule has 0 amide bonds. The van der Waals surface area contributed by atoms with Gasteiger partial charge in [-0.3, -0.25) is 4.90 Å². The van der Waals surface area contributed by atoms with Gasteiger partial charge in [-0.2, -0.15) is 0 Å². The fourth-order valence-electron chi connectivity index (χ4n) is 3.58. The van der Waals surface area contributed by atoms with Crippen molar-refractivity contribution in [1.82, 2.24) is 4.90 Å². The van der Waals surface area contributed by atoms with Crippen molar-refractivity contribution in [3.63, 3.8) is 0 Å². The summed E-state index contributed by atoms with van der Waals surface area (Å²) in [5.74, 6) is 2.36. The molecule has 4 rings (SSSR count). The third-order valence-corrected chi connectivity index (χ3v) is 5.09. The van der Waals surface area contributed by atoms with Crippen LogP contribution >= 0.6 is 0 Å². The molecule has 3 aromatic carbocycles. The van der Waals surface area contributed by atoms with Crippen LogP contribution in [0.4, 0.5) is 0 Å². The number of nitrogens with zero attached hydrogens (tertiary/aromatic N) is 1. The zero-order valence-corrected chi connectivity index (χ0v) is 17.2. The van der Waals surface area contributed by atoms with Gasteiger partial charge in [0.15, 0.2) is 11.5 Å². The molecule has 1 heterocycles. The van der Waals surface area contributed by atoms with Gasteiger partial charge in [-0.1, -0.05) is 54.6 Å². The van der Waals surface area contributed by atoms with Crippen LogP contribution in [0.1, 0.15) is 16.7 Å². The predicted molar refractivity (Wildman–Crippen MR) is 116 cm³/mol.